The van der Waals surface area contributed by atoms with Crippen molar-refractivity contribution >= 4 is 0 Å². The SMILES string of the molecule is CCc1cc(C(N)c2c(OC)cnn2C(C)C)n(CC)n1. The molecule has 6 heteroatoms. The smallest absolute Gasteiger partial charge is 0.161 e. The molecule has 1 atom stereocenters. The minimum absolute atomic E-state index is 0.221. The molecule has 2 N–H and O–H groups in total. The summed E-state index contributed by atoms with van der Waals surface area (Å²) < 4.78 is 9.31. The molecule has 0 bridgehead atoms. The molecule has 21 heavy (non-hydrogen) atoms. The van der Waals surface area contributed by atoms with Crippen LogP contribution >= 0.6 is 0 Å². The van der Waals surface area contributed by atoms with Crippen LogP contribution in [-0.2, 0) is 13.0 Å². The van der Waals surface area contributed by atoms with Gasteiger partial charge in [0.05, 0.1) is 30.7 Å². The van der Waals surface area contributed by atoms with Crippen LogP contribution in [0.4, 0.5) is 0 Å². The Morgan fingerprint density at radius 2 is 2.05 bits per heavy atom. The van der Waals surface area contributed by atoms with E-state index in [4.69, 9.17) is 10.5 Å². The number of nitrogens with zero attached hydrogens (tertiary/aromatic N) is 4. The molecule has 2 aromatic heterocycles. The van der Waals surface area contributed by atoms with Gasteiger partial charge in [0.2, 0.25) is 0 Å². The summed E-state index contributed by atoms with van der Waals surface area (Å²) in [6.45, 7) is 9.12. The largest absolute Gasteiger partial charge is 0.493 e. The minimum Gasteiger partial charge on any atom is -0.493 e. The molecular formula is C15H25N5O. The van der Waals surface area contributed by atoms with Crippen LogP contribution in [0.3, 0.4) is 0 Å². The number of aryl methyl sites for hydroxylation is 2. The van der Waals surface area contributed by atoms with Crippen molar-refractivity contribution in [2.75, 3.05) is 7.11 Å². The van der Waals surface area contributed by atoms with E-state index in [-0.39, 0.29) is 12.1 Å². The van der Waals surface area contributed by atoms with Crippen molar-refractivity contribution < 1.29 is 4.74 Å². The molecule has 2 heterocycles. The highest BCUT2D eigenvalue weighted by Crippen LogP contribution is 2.30. The molecule has 0 aliphatic carbocycles. The summed E-state index contributed by atoms with van der Waals surface area (Å²) in [5.74, 6) is 0.720. The zero-order valence-corrected chi connectivity index (χ0v) is 13.5. The molecule has 0 radical (unpaired) electrons. The van der Waals surface area contributed by atoms with Crippen LogP contribution in [0, 0.1) is 0 Å². The van der Waals surface area contributed by atoms with E-state index in [2.05, 4.69) is 44.0 Å². The maximum atomic E-state index is 6.52. The third-order valence-corrected chi connectivity index (χ3v) is 3.64. The number of hydrogen-bond acceptors (Lipinski definition) is 4. The highest BCUT2D eigenvalue weighted by atomic mass is 16.5. The van der Waals surface area contributed by atoms with E-state index in [1.54, 1.807) is 13.3 Å². The predicted octanol–water partition coefficient (Wildman–Crippen LogP) is 2.30. The molecule has 0 fully saturated rings. The van der Waals surface area contributed by atoms with Gasteiger partial charge in [-0.05, 0) is 33.3 Å². The molecule has 0 spiro atoms. The monoisotopic (exact) mass is 291 g/mol. The number of aromatic nitrogens is 4. The lowest BCUT2D eigenvalue weighted by Crippen LogP contribution is -2.22. The normalized spacial score (nSPS) is 12.9. The highest BCUT2D eigenvalue weighted by Gasteiger charge is 2.24. The van der Waals surface area contributed by atoms with Crippen LogP contribution in [-0.4, -0.2) is 26.7 Å². The molecule has 0 aliphatic rings. The number of hydrogen-bond donors (Lipinski definition) is 1. The molecule has 0 saturated heterocycles. The summed E-state index contributed by atoms with van der Waals surface area (Å²) >= 11 is 0. The quantitative estimate of drug-likeness (QED) is 0.886. The lowest BCUT2D eigenvalue weighted by molar-refractivity contribution is 0.399. The lowest BCUT2D eigenvalue weighted by atomic mass is 10.1. The second kappa shape index (κ2) is 6.30. The third kappa shape index (κ3) is 2.81. The zero-order chi connectivity index (χ0) is 15.6. The minimum atomic E-state index is -0.308. The second-order valence-corrected chi connectivity index (χ2v) is 5.34. The molecule has 2 rings (SSSR count). The summed E-state index contributed by atoms with van der Waals surface area (Å²) in [5, 5.41) is 8.97. The van der Waals surface area contributed by atoms with Gasteiger partial charge in [-0.25, -0.2) is 0 Å². The van der Waals surface area contributed by atoms with E-state index in [9.17, 15) is 0 Å². The summed E-state index contributed by atoms with van der Waals surface area (Å²) in [5.41, 5.74) is 9.46. The number of methoxy groups -OCH3 is 1. The molecular weight excluding hydrogens is 266 g/mol. The van der Waals surface area contributed by atoms with E-state index in [1.165, 1.54) is 0 Å². The summed E-state index contributed by atoms with van der Waals surface area (Å²) in [7, 11) is 1.65. The van der Waals surface area contributed by atoms with Gasteiger partial charge in [0.25, 0.3) is 0 Å². The maximum absolute atomic E-state index is 6.52. The van der Waals surface area contributed by atoms with Gasteiger partial charge in [-0.15, -0.1) is 0 Å². The van der Waals surface area contributed by atoms with Gasteiger partial charge in [-0.3, -0.25) is 9.36 Å². The maximum Gasteiger partial charge on any atom is 0.161 e. The standard InChI is InChI=1S/C15H25N5O/c1-6-11-8-12(19(7-2)18-11)14(16)15-13(21-5)9-17-20(15)10(3)4/h8-10,14H,6-7,16H2,1-5H3. The molecule has 0 aliphatic heterocycles. The Labute approximate surface area is 125 Å². The summed E-state index contributed by atoms with van der Waals surface area (Å²) in [4.78, 5) is 0. The predicted molar refractivity (Wildman–Crippen MR) is 82.5 cm³/mol. The van der Waals surface area contributed by atoms with Gasteiger partial charge in [0.15, 0.2) is 5.75 Å². The highest BCUT2D eigenvalue weighted by molar-refractivity contribution is 5.34. The Bertz CT molecular complexity index is 599. The molecule has 0 aromatic carbocycles. The summed E-state index contributed by atoms with van der Waals surface area (Å²) in [6, 6.07) is 1.99. The Kier molecular flexibility index (Phi) is 4.67. The fourth-order valence-corrected chi connectivity index (χ4v) is 2.52. The molecule has 0 amide bonds. The van der Waals surface area contributed by atoms with Crippen LogP contribution in [0.25, 0.3) is 0 Å². The van der Waals surface area contributed by atoms with Gasteiger partial charge >= 0.3 is 0 Å². The van der Waals surface area contributed by atoms with Gasteiger partial charge < -0.3 is 10.5 Å². The van der Waals surface area contributed by atoms with Crippen LogP contribution in [0.1, 0.15) is 56.9 Å². The van der Waals surface area contributed by atoms with Crippen molar-refractivity contribution in [3.63, 3.8) is 0 Å². The van der Waals surface area contributed by atoms with Crippen molar-refractivity contribution in [2.45, 2.75) is 52.7 Å². The van der Waals surface area contributed by atoms with Crippen LogP contribution < -0.4 is 10.5 Å². The van der Waals surface area contributed by atoms with Crippen LogP contribution in [0.15, 0.2) is 12.3 Å². The Balaban J connectivity index is 2.51. The van der Waals surface area contributed by atoms with E-state index in [0.717, 1.165) is 35.8 Å². The molecule has 0 saturated carbocycles. The van der Waals surface area contributed by atoms with Crippen molar-refractivity contribution in [1.29, 1.82) is 0 Å². The van der Waals surface area contributed by atoms with Gasteiger partial charge in [-0.1, -0.05) is 6.92 Å². The fourth-order valence-electron chi connectivity index (χ4n) is 2.52. The molecule has 6 nitrogen and oxygen atoms in total. The summed E-state index contributed by atoms with van der Waals surface area (Å²) in [6.07, 6.45) is 2.62. The first-order valence-corrected chi connectivity index (χ1v) is 7.46. The Morgan fingerprint density at radius 1 is 1.33 bits per heavy atom. The van der Waals surface area contributed by atoms with Gasteiger partial charge in [0.1, 0.15) is 5.69 Å². The third-order valence-electron chi connectivity index (χ3n) is 3.64. The average molecular weight is 291 g/mol. The number of nitrogens with two attached hydrogens (primary N) is 1. The van der Waals surface area contributed by atoms with Crippen molar-refractivity contribution in [3.05, 3.63) is 29.3 Å². The van der Waals surface area contributed by atoms with E-state index >= 15 is 0 Å². The first-order chi connectivity index (χ1) is 10.0. The second-order valence-electron chi connectivity index (χ2n) is 5.34. The number of ether oxygens (including phenoxy) is 1. The van der Waals surface area contributed by atoms with Crippen LogP contribution in [0.2, 0.25) is 0 Å². The fraction of sp³-hybridized carbons (Fsp3) is 0.600. The first kappa shape index (κ1) is 15.6. The van der Waals surface area contributed by atoms with Crippen LogP contribution in [0.5, 0.6) is 5.75 Å². The van der Waals surface area contributed by atoms with E-state index < -0.39 is 0 Å². The number of rotatable bonds is 6. The molecule has 2 aromatic rings. The molecule has 1 unspecified atom stereocenters. The van der Waals surface area contributed by atoms with Crippen molar-refractivity contribution in [3.8, 4) is 5.75 Å². The van der Waals surface area contributed by atoms with E-state index in [0.29, 0.717) is 0 Å². The van der Waals surface area contributed by atoms with Gasteiger partial charge in [-0.2, -0.15) is 10.2 Å². The van der Waals surface area contributed by atoms with Crippen molar-refractivity contribution in [2.24, 2.45) is 5.73 Å². The van der Waals surface area contributed by atoms with Crippen molar-refractivity contribution in [1.82, 2.24) is 19.6 Å². The first-order valence-electron chi connectivity index (χ1n) is 7.46. The Morgan fingerprint density at radius 3 is 2.57 bits per heavy atom. The topological polar surface area (TPSA) is 70.9 Å². The van der Waals surface area contributed by atoms with E-state index in [1.807, 2.05) is 9.36 Å². The Hall–Kier alpha value is -1.82. The average Bonchev–Trinajstić information content (AvgIpc) is 3.09. The lowest BCUT2D eigenvalue weighted by Gasteiger charge is -2.18. The zero-order valence-electron chi connectivity index (χ0n) is 13.5. The molecule has 116 valence electrons. The van der Waals surface area contributed by atoms with Gasteiger partial charge in [0, 0.05) is 12.6 Å².